The van der Waals surface area contributed by atoms with Gasteiger partial charge in [-0.3, -0.25) is 4.99 Å². The second-order valence-electron chi connectivity index (χ2n) is 5.22. The van der Waals surface area contributed by atoms with Crippen LogP contribution in [0.1, 0.15) is 23.9 Å². The molecule has 22 heavy (non-hydrogen) atoms. The topological polar surface area (TPSA) is 58.3 Å². The summed E-state index contributed by atoms with van der Waals surface area (Å²) in [5.74, 6) is 1.75. The van der Waals surface area contributed by atoms with Crippen molar-refractivity contribution in [3.05, 3.63) is 47.5 Å². The zero-order valence-electron chi connectivity index (χ0n) is 13.7. The number of aliphatic imine (C=N–C) groups is 1. The van der Waals surface area contributed by atoms with Crippen LogP contribution in [0.4, 0.5) is 0 Å². The first kappa shape index (κ1) is 16.0. The highest BCUT2D eigenvalue weighted by atomic mass is 15.3. The first-order valence-corrected chi connectivity index (χ1v) is 7.48. The molecule has 0 aliphatic heterocycles. The number of rotatable bonds is 5. The van der Waals surface area contributed by atoms with E-state index in [-0.39, 0.29) is 0 Å². The van der Waals surface area contributed by atoms with Gasteiger partial charge < -0.3 is 14.8 Å². The monoisotopic (exact) mass is 300 g/mol. The minimum absolute atomic E-state index is 0.610. The Hall–Kier alpha value is -2.37. The van der Waals surface area contributed by atoms with E-state index in [0.717, 1.165) is 24.9 Å². The fraction of sp³-hybridized carbons (Fsp3) is 0.438. The van der Waals surface area contributed by atoms with E-state index in [1.54, 1.807) is 13.4 Å². The number of nitrogens with one attached hydrogen (secondary N) is 1. The summed E-state index contributed by atoms with van der Waals surface area (Å²) < 4.78 is 2.02. The summed E-state index contributed by atoms with van der Waals surface area (Å²) in [5.41, 5.74) is 2.58. The van der Waals surface area contributed by atoms with E-state index in [1.165, 1.54) is 11.1 Å². The van der Waals surface area contributed by atoms with Gasteiger partial charge in [0.1, 0.15) is 6.33 Å². The Morgan fingerprint density at radius 1 is 1.36 bits per heavy atom. The van der Waals surface area contributed by atoms with Gasteiger partial charge in [-0.15, -0.1) is 10.2 Å². The maximum atomic E-state index is 4.34. The molecule has 6 nitrogen and oxygen atoms in total. The van der Waals surface area contributed by atoms with Gasteiger partial charge in [-0.25, -0.2) is 0 Å². The Kier molecular flexibility index (Phi) is 5.52. The first-order chi connectivity index (χ1) is 10.7. The van der Waals surface area contributed by atoms with E-state index in [9.17, 15) is 0 Å². The molecule has 0 fully saturated rings. The SMILES string of the molecule is CCn1cnnc1CNC(=NC)N(C)Cc1ccccc1C. The van der Waals surface area contributed by atoms with Crippen molar-refractivity contribution in [3.8, 4) is 0 Å². The van der Waals surface area contributed by atoms with Crippen molar-refractivity contribution in [2.75, 3.05) is 14.1 Å². The Bertz CT molecular complexity index is 631. The highest BCUT2D eigenvalue weighted by Gasteiger charge is 2.09. The average Bonchev–Trinajstić information content (AvgIpc) is 2.98. The van der Waals surface area contributed by atoms with Gasteiger partial charge in [0.2, 0.25) is 0 Å². The lowest BCUT2D eigenvalue weighted by atomic mass is 10.1. The molecule has 0 aliphatic carbocycles. The highest BCUT2D eigenvalue weighted by molar-refractivity contribution is 5.79. The molecular formula is C16H24N6. The molecule has 0 amide bonds. The third-order valence-corrected chi connectivity index (χ3v) is 3.68. The fourth-order valence-electron chi connectivity index (χ4n) is 2.34. The van der Waals surface area contributed by atoms with Crippen LogP contribution in [0.25, 0.3) is 0 Å². The predicted molar refractivity (Wildman–Crippen MR) is 88.5 cm³/mol. The van der Waals surface area contributed by atoms with Crippen molar-refractivity contribution in [1.29, 1.82) is 0 Å². The molecule has 0 unspecified atom stereocenters. The summed E-state index contributed by atoms with van der Waals surface area (Å²) in [6.07, 6.45) is 1.75. The number of aryl methyl sites for hydroxylation is 2. The molecule has 6 heteroatoms. The van der Waals surface area contributed by atoms with Crippen LogP contribution >= 0.6 is 0 Å². The van der Waals surface area contributed by atoms with Gasteiger partial charge in [0.15, 0.2) is 11.8 Å². The summed E-state index contributed by atoms with van der Waals surface area (Å²) in [5, 5.41) is 11.4. The molecule has 1 aromatic heterocycles. The summed E-state index contributed by atoms with van der Waals surface area (Å²) >= 11 is 0. The van der Waals surface area contributed by atoms with Crippen molar-refractivity contribution in [2.24, 2.45) is 4.99 Å². The zero-order valence-corrected chi connectivity index (χ0v) is 13.7. The van der Waals surface area contributed by atoms with Gasteiger partial charge in [0.05, 0.1) is 6.54 Å². The van der Waals surface area contributed by atoms with Crippen molar-refractivity contribution in [2.45, 2.75) is 33.5 Å². The quantitative estimate of drug-likeness (QED) is 0.676. The van der Waals surface area contributed by atoms with E-state index in [2.05, 4.69) is 63.5 Å². The van der Waals surface area contributed by atoms with Crippen molar-refractivity contribution < 1.29 is 0 Å². The van der Waals surface area contributed by atoms with Crippen LogP contribution in [-0.2, 0) is 19.6 Å². The molecule has 1 heterocycles. The van der Waals surface area contributed by atoms with E-state index >= 15 is 0 Å². The molecule has 0 spiro atoms. The lowest BCUT2D eigenvalue weighted by molar-refractivity contribution is 0.472. The van der Waals surface area contributed by atoms with E-state index in [4.69, 9.17) is 0 Å². The molecule has 1 N–H and O–H groups in total. The predicted octanol–water partition coefficient (Wildman–Crippen LogP) is 1.81. The molecule has 2 rings (SSSR count). The summed E-state index contributed by atoms with van der Waals surface area (Å²) in [4.78, 5) is 6.45. The molecule has 0 atom stereocenters. The van der Waals surface area contributed by atoms with E-state index < -0.39 is 0 Å². The number of aromatic nitrogens is 3. The normalized spacial score (nSPS) is 11.5. The third-order valence-electron chi connectivity index (χ3n) is 3.68. The van der Waals surface area contributed by atoms with Gasteiger partial charge in [0.25, 0.3) is 0 Å². The summed E-state index contributed by atoms with van der Waals surface area (Å²) in [6, 6.07) is 8.40. The van der Waals surface area contributed by atoms with Crippen LogP contribution in [0.3, 0.4) is 0 Å². The number of nitrogens with zero attached hydrogens (tertiary/aromatic N) is 5. The van der Waals surface area contributed by atoms with Gasteiger partial charge in [-0.2, -0.15) is 0 Å². The maximum Gasteiger partial charge on any atom is 0.194 e. The molecule has 0 aliphatic rings. The largest absolute Gasteiger partial charge is 0.349 e. The lowest BCUT2D eigenvalue weighted by Crippen LogP contribution is -2.38. The van der Waals surface area contributed by atoms with Gasteiger partial charge in [-0.05, 0) is 25.0 Å². The summed E-state index contributed by atoms with van der Waals surface area (Å²) in [6.45, 7) is 6.49. The Balaban J connectivity index is 1.98. The van der Waals surface area contributed by atoms with E-state index in [1.807, 2.05) is 11.6 Å². The molecule has 0 radical (unpaired) electrons. The first-order valence-electron chi connectivity index (χ1n) is 7.48. The van der Waals surface area contributed by atoms with Gasteiger partial charge in [0, 0.05) is 27.2 Å². The Morgan fingerprint density at radius 2 is 2.14 bits per heavy atom. The molecule has 2 aromatic rings. The lowest BCUT2D eigenvalue weighted by Gasteiger charge is -2.22. The molecular weight excluding hydrogens is 276 g/mol. The second-order valence-corrected chi connectivity index (χ2v) is 5.22. The van der Waals surface area contributed by atoms with Crippen molar-refractivity contribution in [1.82, 2.24) is 25.0 Å². The highest BCUT2D eigenvalue weighted by Crippen LogP contribution is 2.09. The van der Waals surface area contributed by atoms with Crippen LogP contribution in [0.2, 0.25) is 0 Å². The van der Waals surface area contributed by atoms with Crippen LogP contribution < -0.4 is 5.32 Å². The maximum absolute atomic E-state index is 4.34. The minimum Gasteiger partial charge on any atom is -0.349 e. The number of benzene rings is 1. The van der Waals surface area contributed by atoms with Crippen LogP contribution in [0.5, 0.6) is 0 Å². The standard InChI is InChI=1S/C16H24N6/c1-5-22-12-19-20-15(22)10-18-16(17-3)21(4)11-14-9-7-6-8-13(14)2/h6-9,12H,5,10-11H2,1-4H3,(H,17,18). The van der Waals surface area contributed by atoms with E-state index in [0.29, 0.717) is 6.54 Å². The van der Waals surface area contributed by atoms with Gasteiger partial charge >= 0.3 is 0 Å². The molecule has 0 bridgehead atoms. The third kappa shape index (κ3) is 3.84. The van der Waals surface area contributed by atoms with Crippen LogP contribution in [-0.4, -0.2) is 39.7 Å². The number of guanidine groups is 1. The smallest absolute Gasteiger partial charge is 0.194 e. The molecule has 0 saturated carbocycles. The number of hydrogen-bond acceptors (Lipinski definition) is 3. The fourth-order valence-corrected chi connectivity index (χ4v) is 2.34. The number of hydrogen-bond donors (Lipinski definition) is 1. The van der Waals surface area contributed by atoms with Crippen LogP contribution in [0.15, 0.2) is 35.6 Å². The Morgan fingerprint density at radius 3 is 2.82 bits per heavy atom. The minimum atomic E-state index is 0.610. The Labute approximate surface area is 131 Å². The zero-order chi connectivity index (χ0) is 15.9. The molecule has 1 aromatic carbocycles. The van der Waals surface area contributed by atoms with Crippen LogP contribution in [0, 0.1) is 6.92 Å². The van der Waals surface area contributed by atoms with Crippen molar-refractivity contribution >= 4 is 5.96 Å². The van der Waals surface area contributed by atoms with Gasteiger partial charge in [-0.1, -0.05) is 24.3 Å². The molecule has 118 valence electrons. The average molecular weight is 300 g/mol. The second kappa shape index (κ2) is 7.59. The summed E-state index contributed by atoms with van der Waals surface area (Å²) in [7, 11) is 3.83. The molecule has 0 saturated heterocycles. The van der Waals surface area contributed by atoms with Crippen molar-refractivity contribution in [3.63, 3.8) is 0 Å².